The van der Waals surface area contributed by atoms with Crippen molar-refractivity contribution in [2.24, 2.45) is 0 Å². The van der Waals surface area contributed by atoms with E-state index in [2.05, 4.69) is 6.92 Å². The van der Waals surface area contributed by atoms with Crippen molar-refractivity contribution in [3.8, 4) is 5.75 Å². The molecule has 0 aromatic heterocycles. The van der Waals surface area contributed by atoms with Crippen molar-refractivity contribution < 1.29 is 9.84 Å². The van der Waals surface area contributed by atoms with Gasteiger partial charge in [0.2, 0.25) is 0 Å². The van der Waals surface area contributed by atoms with Gasteiger partial charge in [-0.3, -0.25) is 0 Å². The predicted molar refractivity (Wildman–Crippen MR) is 82.9 cm³/mol. The number of unbranched alkanes of at least 4 members (excludes halogenated alkanes) is 2. The number of aromatic hydroxyl groups is 1. The number of benzene rings is 1. The van der Waals surface area contributed by atoms with Crippen LogP contribution in [0.4, 0.5) is 0 Å². The van der Waals surface area contributed by atoms with E-state index in [1.807, 2.05) is 12.1 Å². The van der Waals surface area contributed by atoms with Gasteiger partial charge in [0.15, 0.2) is 0 Å². The van der Waals surface area contributed by atoms with Crippen molar-refractivity contribution in [1.82, 2.24) is 0 Å². The maximum Gasteiger partial charge on any atom is 0.115 e. The predicted octanol–water partition coefficient (Wildman–Crippen LogP) is 5.36. The molecule has 1 aliphatic rings. The number of rotatable bonds is 7. The van der Waals surface area contributed by atoms with E-state index in [9.17, 15) is 5.11 Å². The summed E-state index contributed by atoms with van der Waals surface area (Å²) in [6.07, 6.45) is 11.8. The minimum absolute atomic E-state index is 0.199. The zero-order valence-corrected chi connectivity index (χ0v) is 12.7. The smallest absolute Gasteiger partial charge is 0.115 e. The molecular weight excluding hydrogens is 248 g/mol. The molecule has 1 unspecified atom stereocenters. The van der Waals surface area contributed by atoms with Gasteiger partial charge in [-0.05, 0) is 37.0 Å². The van der Waals surface area contributed by atoms with Crippen LogP contribution in [0, 0.1) is 0 Å². The number of ether oxygens (including phenoxy) is 1. The standard InChI is InChI=1S/C18H28O2/c1-2-3-5-10-18(15-11-13-16(19)14-12-15)20-17-8-6-4-7-9-17/h11-14,17-19H,2-10H2,1H3. The van der Waals surface area contributed by atoms with Gasteiger partial charge in [0.05, 0.1) is 12.2 Å². The van der Waals surface area contributed by atoms with Crippen LogP contribution in [0.5, 0.6) is 5.75 Å². The number of hydrogen-bond acceptors (Lipinski definition) is 2. The molecule has 112 valence electrons. The van der Waals surface area contributed by atoms with E-state index in [0.29, 0.717) is 11.9 Å². The molecular formula is C18H28O2. The molecule has 0 amide bonds. The van der Waals surface area contributed by atoms with Crippen LogP contribution in [0.25, 0.3) is 0 Å². The van der Waals surface area contributed by atoms with E-state index < -0.39 is 0 Å². The third-order valence-corrected chi connectivity index (χ3v) is 4.24. The highest BCUT2D eigenvalue weighted by atomic mass is 16.5. The van der Waals surface area contributed by atoms with Gasteiger partial charge >= 0.3 is 0 Å². The molecule has 0 bridgehead atoms. The lowest BCUT2D eigenvalue weighted by molar-refractivity contribution is -0.0362. The molecule has 0 radical (unpaired) electrons. The van der Waals surface area contributed by atoms with E-state index in [0.717, 1.165) is 6.42 Å². The first-order chi connectivity index (χ1) is 9.79. The molecule has 0 saturated heterocycles. The number of phenolic OH excluding ortho intramolecular Hbond substituents is 1. The van der Waals surface area contributed by atoms with E-state index >= 15 is 0 Å². The highest BCUT2D eigenvalue weighted by Crippen LogP contribution is 2.31. The molecule has 1 aliphatic carbocycles. The monoisotopic (exact) mass is 276 g/mol. The summed E-state index contributed by atoms with van der Waals surface area (Å²) in [6, 6.07) is 7.56. The van der Waals surface area contributed by atoms with Crippen LogP contribution in [-0.4, -0.2) is 11.2 Å². The van der Waals surface area contributed by atoms with Gasteiger partial charge < -0.3 is 9.84 Å². The van der Waals surface area contributed by atoms with Crippen molar-refractivity contribution in [2.45, 2.75) is 76.9 Å². The topological polar surface area (TPSA) is 29.5 Å². The Morgan fingerprint density at radius 2 is 1.80 bits per heavy atom. The molecule has 1 saturated carbocycles. The lowest BCUT2D eigenvalue weighted by Crippen LogP contribution is -2.20. The van der Waals surface area contributed by atoms with Crippen LogP contribution in [0.15, 0.2) is 24.3 Å². The van der Waals surface area contributed by atoms with Gasteiger partial charge in [-0.15, -0.1) is 0 Å². The Morgan fingerprint density at radius 3 is 2.45 bits per heavy atom. The van der Waals surface area contributed by atoms with E-state index in [1.54, 1.807) is 12.1 Å². The van der Waals surface area contributed by atoms with Crippen LogP contribution in [0.2, 0.25) is 0 Å². The van der Waals surface area contributed by atoms with Crippen LogP contribution in [0.3, 0.4) is 0 Å². The lowest BCUT2D eigenvalue weighted by atomic mass is 9.96. The normalized spacial score (nSPS) is 18.1. The van der Waals surface area contributed by atoms with Gasteiger partial charge in [-0.2, -0.15) is 0 Å². The molecule has 0 heterocycles. The molecule has 1 aromatic carbocycles. The SMILES string of the molecule is CCCCCC(OC1CCCCC1)c1ccc(O)cc1. The molecule has 0 spiro atoms. The van der Waals surface area contributed by atoms with Crippen molar-refractivity contribution in [3.63, 3.8) is 0 Å². The van der Waals surface area contributed by atoms with Crippen molar-refractivity contribution >= 4 is 0 Å². The molecule has 20 heavy (non-hydrogen) atoms. The quantitative estimate of drug-likeness (QED) is 0.679. The van der Waals surface area contributed by atoms with Crippen LogP contribution in [-0.2, 0) is 4.74 Å². The second-order valence-corrected chi connectivity index (χ2v) is 5.97. The summed E-state index contributed by atoms with van der Waals surface area (Å²) < 4.78 is 6.38. The van der Waals surface area contributed by atoms with Crippen molar-refractivity contribution in [3.05, 3.63) is 29.8 Å². The van der Waals surface area contributed by atoms with E-state index in [-0.39, 0.29) is 6.10 Å². The Morgan fingerprint density at radius 1 is 1.10 bits per heavy atom. The Bertz CT molecular complexity index is 366. The molecule has 1 fully saturated rings. The van der Waals surface area contributed by atoms with E-state index in [1.165, 1.54) is 56.9 Å². The zero-order chi connectivity index (χ0) is 14.2. The summed E-state index contributed by atoms with van der Waals surface area (Å²) >= 11 is 0. The summed E-state index contributed by atoms with van der Waals surface area (Å²) in [7, 11) is 0. The van der Waals surface area contributed by atoms with Gasteiger partial charge in [-0.1, -0.05) is 57.6 Å². The molecule has 2 heteroatoms. The number of phenols is 1. The van der Waals surface area contributed by atoms with Crippen LogP contribution in [0.1, 0.15) is 76.4 Å². The average molecular weight is 276 g/mol. The fourth-order valence-corrected chi connectivity index (χ4v) is 3.02. The number of hydrogen-bond donors (Lipinski definition) is 1. The third kappa shape index (κ3) is 4.82. The molecule has 1 N–H and O–H groups in total. The van der Waals surface area contributed by atoms with Crippen LogP contribution < -0.4 is 0 Å². The summed E-state index contributed by atoms with van der Waals surface area (Å²) in [5, 5.41) is 9.43. The van der Waals surface area contributed by atoms with Gasteiger partial charge in [0.25, 0.3) is 0 Å². The first-order valence-electron chi connectivity index (χ1n) is 8.24. The summed E-state index contributed by atoms with van der Waals surface area (Å²) in [4.78, 5) is 0. The first kappa shape index (κ1) is 15.4. The van der Waals surface area contributed by atoms with Gasteiger partial charge in [-0.25, -0.2) is 0 Å². The van der Waals surface area contributed by atoms with E-state index in [4.69, 9.17) is 4.74 Å². The van der Waals surface area contributed by atoms with Crippen molar-refractivity contribution in [2.75, 3.05) is 0 Å². The summed E-state index contributed by atoms with van der Waals surface area (Å²) in [5.74, 6) is 0.332. The van der Waals surface area contributed by atoms with Crippen molar-refractivity contribution in [1.29, 1.82) is 0 Å². The highest BCUT2D eigenvalue weighted by Gasteiger charge is 2.20. The maximum absolute atomic E-state index is 9.43. The third-order valence-electron chi connectivity index (χ3n) is 4.24. The Labute approximate surface area is 123 Å². The highest BCUT2D eigenvalue weighted by molar-refractivity contribution is 5.27. The minimum atomic E-state index is 0.199. The average Bonchev–Trinajstić information content (AvgIpc) is 2.48. The molecule has 0 aliphatic heterocycles. The lowest BCUT2D eigenvalue weighted by Gasteiger charge is -2.28. The largest absolute Gasteiger partial charge is 0.508 e. The molecule has 2 rings (SSSR count). The fraction of sp³-hybridized carbons (Fsp3) is 0.667. The Hall–Kier alpha value is -1.02. The zero-order valence-electron chi connectivity index (χ0n) is 12.7. The molecule has 1 aromatic rings. The Balaban J connectivity index is 1.97. The maximum atomic E-state index is 9.43. The van der Waals surface area contributed by atoms with Crippen LogP contribution >= 0.6 is 0 Å². The Kier molecular flexibility index (Phi) is 6.38. The fourth-order valence-electron chi connectivity index (χ4n) is 3.02. The molecule has 2 nitrogen and oxygen atoms in total. The summed E-state index contributed by atoms with van der Waals surface area (Å²) in [6.45, 7) is 2.23. The van der Waals surface area contributed by atoms with Gasteiger partial charge in [0, 0.05) is 0 Å². The molecule has 1 atom stereocenters. The second-order valence-electron chi connectivity index (χ2n) is 5.97. The minimum Gasteiger partial charge on any atom is -0.508 e. The summed E-state index contributed by atoms with van der Waals surface area (Å²) in [5.41, 5.74) is 1.21. The second kappa shape index (κ2) is 8.31. The van der Waals surface area contributed by atoms with Gasteiger partial charge in [0.1, 0.15) is 5.75 Å². The first-order valence-corrected chi connectivity index (χ1v) is 8.24.